The van der Waals surface area contributed by atoms with Crippen molar-refractivity contribution in [1.29, 1.82) is 0 Å². The van der Waals surface area contributed by atoms with Crippen molar-refractivity contribution < 1.29 is 0 Å². The zero-order chi connectivity index (χ0) is 10.5. The van der Waals surface area contributed by atoms with Crippen molar-refractivity contribution in [1.82, 2.24) is 9.13 Å². The molecule has 0 aromatic rings. The van der Waals surface area contributed by atoms with Crippen LogP contribution in [0.2, 0.25) is 6.55 Å². The fourth-order valence-electron chi connectivity index (χ4n) is 1.80. The first kappa shape index (κ1) is 13.4. The molecule has 0 heterocycles. The van der Waals surface area contributed by atoms with Crippen molar-refractivity contribution in [2.24, 2.45) is 0 Å². The highest BCUT2D eigenvalue weighted by atomic mass is 35.6. The molecule has 0 aliphatic heterocycles. The third-order valence-corrected chi connectivity index (χ3v) is 7.69. The van der Waals surface area contributed by atoms with Crippen LogP contribution in [-0.4, -0.2) is 43.0 Å². The second kappa shape index (κ2) is 6.01. The normalized spacial score (nSPS) is 12.9. The monoisotopic (exact) mass is 222 g/mol. The van der Waals surface area contributed by atoms with Crippen molar-refractivity contribution >= 4 is 18.8 Å². The molecule has 80 valence electrons. The van der Waals surface area contributed by atoms with Gasteiger partial charge in [-0.3, -0.25) is 0 Å². The molecule has 0 unspecified atom stereocenters. The Morgan fingerprint density at radius 1 is 0.846 bits per heavy atom. The summed E-state index contributed by atoms with van der Waals surface area (Å²) in [6.45, 7) is 15.2. The Labute approximate surface area is 88.7 Å². The van der Waals surface area contributed by atoms with Gasteiger partial charge in [0.25, 0.3) is 0 Å². The van der Waals surface area contributed by atoms with Gasteiger partial charge in [-0.1, -0.05) is 27.7 Å². The zero-order valence-electron chi connectivity index (χ0n) is 9.60. The molecule has 0 spiro atoms. The molecule has 0 radical (unpaired) electrons. The van der Waals surface area contributed by atoms with Crippen LogP contribution in [0.5, 0.6) is 0 Å². The molecule has 0 saturated heterocycles. The molecule has 0 amide bonds. The van der Waals surface area contributed by atoms with Crippen LogP contribution >= 0.6 is 11.1 Å². The van der Waals surface area contributed by atoms with Crippen LogP contribution in [0.3, 0.4) is 0 Å². The highest BCUT2D eigenvalue weighted by Gasteiger charge is 2.36. The smallest absolute Gasteiger partial charge is 0.300 e. The summed E-state index contributed by atoms with van der Waals surface area (Å²) in [6.07, 6.45) is 0. The minimum absolute atomic E-state index is 1.05. The van der Waals surface area contributed by atoms with E-state index >= 15 is 0 Å². The summed E-state index contributed by atoms with van der Waals surface area (Å²) >= 11 is 6.66. The van der Waals surface area contributed by atoms with E-state index in [1.165, 1.54) is 0 Å². The van der Waals surface area contributed by atoms with E-state index in [9.17, 15) is 0 Å². The van der Waals surface area contributed by atoms with Gasteiger partial charge in [0.05, 0.1) is 0 Å². The molecule has 0 saturated carbocycles. The molecular weight excluding hydrogens is 200 g/mol. The largest absolute Gasteiger partial charge is 0.304 e. The van der Waals surface area contributed by atoms with E-state index in [0.29, 0.717) is 0 Å². The van der Waals surface area contributed by atoms with Gasteiger partial charge in [-0.15, -0.1) is 11.1 Å². The van der Waals surface area contributed by atoms with Gasteiger partial charge in [0.1, 0.15) is 0 Å². The summed E-state index contributed by atoms with van der Waals surface area (Å²) in [4.78, 5) is 0. The van der Waals surface area contributed by atoms with Gasteiger partial charge in [0.2, 0.25) is 0 Å². The Morgan fingerprint density at radius 3 is 1.23 bits per heavy atom. The first-order chi connectivity index (χ1) is 6.04. The van der Waals surface area contributed by atoms with Crippen LogP contribution in [0.25, 0.3) is 0 Å². The molecule has 0 bridgehead atoms. The van der Waals surface area contributed by atoms with Crippen LogP contribution in [0, 0.1) is 0 Å². The van der Waals surface area contributed by atoms with Gasteiger partial charge < -0.3 is 9.13 Å². The third-order valence-electron chi connectivity index (χ3n) is 2.68. The van der Waals surface area contributed by atoms with Crippen molar-refractivity contribution in [3.8, 4) is 0 Å². The van der Waals surface area contributed by atoms with Gasteiger partial charge in [-0.05, 0) is 32.7 Å². The summed E-state index contributed by atoms with van der Waals surface area (Å²) in [5.74, 6) is 0. The Hall–Kier alpha value is 0.427. The summed E-state index contributed by atoms with van der Waals surface area (Å²) in [5.41, 5.74) is 0. The lowest BCUT2D eigenvalue weighted by atomic mass is 10.7. The second-order valence-corrected chi connectivity index (χ2v) is 8.47. The molecule has 0 aliphatic rings. The highest BCUT2D eigenvalue weighted by Crippen LogP contribution is 2.19. The predicted molar refractivity (Wildman–Crippen MR) is 63.3 cm³/mol. The number of nitrogens with zero attached hydrogens (tertiary/aromatic N) is 2. The molecular formula is C9H23ClN2Si. The summed E-state index contributed by atoms with van der Waals surface area (Å²) < 4.78 is 4.81. The Kier molecular flexibility index (Phi) is 6.21. The van der Waals surface area contributed by atoms with Crippen LogP contribution in [0.15, 0.2) is 0 Å². The van der Waals surface area contributed by atoms with Crippen molar-refractivity contribution in [3.63, 3.8) is 0 Å². The molecule has 4 heteroatoms. The van der Waals surface area contributed by atoms with Gasteiger partial charge >= 0.3 is 7.71 Å². The fraction of sp³-hybridized carbons (Fsp3) is 1.00. The maximum atomic E-state index is 6.66. The number of hydrogen-bond donors (Lipinski definition) is 0. The van der Waals surface area contributed by atoms with Crippen LogP contribution in [0.4, 0.5) is 0 Å². The van der Waals surface area contributed by atoms with E-state index in [2.05, 4.69) is 43.4 Å². The lowest BCUT2D eigenvalue weighted by Crippen LogP contribution is -2.59. The van der Waals surface area contributed by atoms with Crippen molar-refractivity contribution in [3.05, 3.63) is 0 Å². The summed E-state index contributed by atoms with van der Waals surface area (Å²) in [6, 6.07) is 0. The Bertz CT molecular complexity index is 120. The van der Waals surface area contributed by atoms with E-state index in [0.717, 1.165) is 26.2 Å². The average Bonchev–Trinajstić information content (AvgIpc) is 2.07. The molecule has 0 aromatic heterocycles. The lowest BCUT2D eigenvalue weighted by Gasteiger charge is -2.40. The van der Waals surface area contributed by atoms with E-state index in [1.54, 1.807) is 0 Å². The Morgan fingerprint density at radius 2 is 1.08 bits per heavy atom. The second-order valence-electron chi connectivity index (χ2n) is 3.25. The summed E-state index contributed by atoms with van der Waals surface area (Å²) in [7, 11) is -1.82. The van der Waals surface area contributed by atoms with Gasteiger partial charge in [-0.2, -0.15) is 0 Å². The van der Waals surface area contributed by atoms with Crippen molar-refractivity contribution in [2.75, 3.05) is 26.2 Å². The topological polar surface area (TPSA) is 6.48 Å². The zero-order valence-corrected chi connectivity index (χ0v) is 11.4. The van der Waals surface area contributed by atoms with Crippen LogP contribution in [-0.2, 0) is 0 Å². The summed E-state index contributed by atoms with van der Waals surface area (Å²) in [5, 5.41) is 0. The van der Waals surface area contributed by atoms with Crippen LogP contribution < -0.4 is 0 Å². The maximum Gasteiger partial charge on any atom is 0.304 e. The SMILES string of the molecule is CCN(CC)[Si](C)(Cl)N(CC)CC. The first-order valence-corrected chi connectivity index (χ1v) is 8.64. The number of rotatable bonds is 6. The minimum atomic E-state index is -1.82. The molecule has 0 aliphatic carbocycles. The molecule has 0 fully saturated rings. The standard InChI is InChI=1S/C9H23ClN2Si/c1-6-11(7-2)13(5,10)12(8-3)9-4/h6-9H2,1-5H3. The van der Waals surface area contributed by atoms with Gasteiger partial charge in [0, 0.05) is 0 Å². The molecule has 0 aromatic carbocycles. The molecule has 13 heavy (non-hydrogen) atoms. The molecule has 0 rings (SSSR count). The van der Waals surface area contributed by atoms with E-state index < -0.39 is 7.71 Å². The highest BCUT2D eigenvalue weighted by molar-refractivity contribution is 7.16. The number of halogens is 1. The fourth-order valence-corrected chi connectivity index (χ4v) is 5.94. The first-order valence-electron chi connectivity index (χ1n) is 5.23. The van der Waals surface area contributed by atoms with E-state index in [1.807, 2.05) is 0 Å². The number of hydrogen-bond acceptors (Lipinski definition) is 2. The molecule has 0 N–H and O–H groups in total. The van der Waals surface area contributed by atoms with E-state index in [4.69, 9.17) is 11.1 Å². The molecule has 2 nitrogen and oxygen atoms in total. The van der Waals surface area contributed by atoms with Gasteiger partial charge in [0.15, 0.2) is 0 Å². The Balaban J connectivity index is 4.48. The predicted octanol–water partition coefficient (Wildman–Crippen LogP) is 2.48. The molecule has 0 atom stereocenters. The van der Waals surface area contributed by atoms with Crippen molar-refractivity contribution in [2.45, 2.75) is 34.2 Å². The van der Waals surface area contributed by atoms with Gasteiger partial charge in [-0.25, -0.2) is 0 Å². The third kappa shape index (κ3) is 3.24. The van der Waals surface area contributed by atoms with E-state index in [-0.39, 0.29) is 0 Å². The minimum Gasteiger partial charge on any atom is -0.300 e. The quantitative estimate of drug-likeness (QED) is 0.504. The van der Waals surface area contributed by atoms with Crippen LogP contribution in [0.1, 0.15) is 27.7 Å². The lowest BCUT2D eigenvalue weighted by molar-refractivity contribution is 0.374. The maximum absolute atomic E-state index is 6.66. The average molecular weight is 223 g/mol.